The molecule has 0 unspecified atom stereocenters. The third kappa shape index (κ3) is 3.08. The summed E-state index contributed by atoms with van der Waals surface area (Å²) >= 11 is 7.91. The fourth-order valence-electron chi connectivity index (χ4n) is 1.10. The van der Waals surface area contributed by atoms with Gasteiger partial charge in [-0.1, -0.05) is 11.6 Å². The van der Waals surface area contributed by atoms with Gasteiger partial charge in [0.2, 0.25) is 5.91 Å². The lowest BCUT2D eigenvalue weighted by Gasteiger charge is -2.08. The average Bonchev–Trinajstić information content (AvgIpc) is 2.21. The first-order valence-electron chi connectivity index (χ1n) is 4.30. The Morgan fingerprint density at radius 2 is 2.06 bits per heavy atom. The summed E-state index contributed by atoms with van der Waals surface area (Å²) < 4.78 is 5.30. The summed E-state index contributed by atoms with van der Waals surface area (Å²) in [6.07, 6.45) is 0. The van der Waals surface area contributed by atoms with E-state index in [4.69, 9.17) is 11.6 Å². The van der Waals surface area contributed by atoms with Crippen LogP contribution in [-0.2, 0) is 9.53 Å². The Morgan fingerprint density at radius 3 is 2.56 bits per heavy atom. The van der Waals surface area contributed by atoms with Gasteiger partial charge in [-0.15, -0.1) is 0 Å². The van der Waals surface area contributed by atoms with Crippen LogP contribution < -0.4 is 5.32 Å². The van der Waals surface area contributed by atoms with Gasteiger partial charge in [-0.25, -0.2) is 4.79 Å². The maximum atomic E-state index is 11.3. The minimum Gasteiger partial charge on any atom is -0.465 e. The molecule has 0 bridgehead atoms. The maximum absolute atomic E-state index is 11.3. The lowest BCUT2D eigenvalue weighted by atomic mass is 10.2. The molecule has 0 saturated heterocycles. The summed E-state index contributed by atoms with van der Waals surface area (Å²) in [6, 6.07) is 3.09. The third-order valence-corrected chi connectivity index (χ3v) is 2.98. The second kappa shape index (κ2) is 5.49. The Labute approximate surface area is 111 Å². The van der Waals surface area contributed by atoms with Crippen molar-refractivity contribution < 1.29 is 14.3 Å². The monoisotopic (exact) mass is 353 g/mol. The third-order valence-electron chi connectivity index (χ3n) is 1.77. The van der Waals surface area contributed by atoms with Crippen molar-refractivity contribution >= 4 is 51.8 Å². The minimum absolute atomic E-state index is 0.195. The largest absolute Gasteiger partial charge is 0.465 e. The number of benzene rings is 1. The van der Waals surface area contributed by atoms with E-state index >= 15 is 0 Å². The molecule has 0 saturated carbocycles. The quantitative estimate of drug-likeness (QED) is 0.657. The number of halogens is 2. The van der Waals surface area contributed by atoms with Gasteiger partial charge in [-0.2, -0.15) is 0 Å². The Morgan fingerprint density at radius 1 is 1.44 bits per heavy atom. The number of amides is 1. The predicted molar refractivity (Wildman–Crippen MR) is 69.8 cm³/mol. The Bertz CT molecular complexity index is 448. The van der Waals surface area contributed by atoms with E-state index in [0.717, 1.165) is 3.57 Å². The van der Waals surface area contributed by atoms with E-state index in [-0.39, 0.29) is 16.5 Å². The molecule has 0 spiro atoms. The van der Waals surface area contributed by atoms with Crippen LogP contribution in [0, 0.1) is 3.57 Å². The highest BCUT2D eigenvalue weighted by Crippen LogP contribution is 2.27. The molecule has 0 aliphatic heterocycles. The number of hydrogen-bond acceptors (Lipinski definition) is 3. The molecule has 0 heterocycles. The van der Waals surface area contributed by atoms with Crippen molar-refractivity contribution in [2.75, 3.05) is 12.4 Å². The second-order valence-corrected chi connectivity index (χ2v) is 4.55. The zero-order valence-corrected chi connectivity index (χ0v) is 11.5. The Balaban J connectivity index is 3.16. The van der Waals surface area contributed by atoms with E-state index < -0.39 is 5.97 Å². The molecule has 16 heavy (non-hydrogen) atoms. The van der Waals surface area contributed by atoms with Gasteiger partial charge in [-0.3, -0.25) is 4.79 Å². The van der Waals surface area contributed by atoms with Crippen LogP contribution in [0.2, 0.25) is 5.02 Å². The molecule has 1 aromatic rings. The van der Waals surface area contributed by atoms with Crippen LogP contribution in [0.15, 0.2) is 12.1 Å². The Hall–Kier alpha value is -0.820. The Kier molecular flexibility index (Phi) is 4.55. The minimum atomic E-state index is -0.503. The van der Waals surface area contributed by atoms with E-state index in [9.17, 15) is 9.59 Å². The fraction of sp³-hybridized carbons (Fsp3) is 0.200. The summed E-state index contributed by atoms with van der Waals surface area (Å²) in [5, 5.41) is 2.86. The highest BCUT2D eigenvalue weighted by molar-refractivity contribution is 14.1. The fourth-order valence-corrected chi connectivity index (χ4v) is 1.94. The van der Waals surface area contributed by atoms with Crippen LogP contribution >= 0.6 is 34.2 Å². The number of methoxy groups -OCH3 is 1. The number of carbonyl (C=O) groups excluding carboxylic acids is 2. The molecule has 0 radical (unpaired) electrons. The molecule has 0 aliphatic rings. The summed E-state index contributed by atoms with van der Waals surface area (Å²) in [4.78, 5) is 22.2. The second-order valence-electron chi connectivity index (χ2n) is 2.98. The molecule has 86 valence electrons. The van der Waals surface area contributed by atoms with Crippen LogP contribution in [0.25, 0.3) is 0 Å². The number of hydrogen-bond donors (Lipinski definition) is 1. The smallest absolute Gasteiger partial charge is 0.339 e. The molecule has 0 fully saturated rings. The molecule has 6 heteroatoms. The van der Waals surface area contributed by atoms with Crippen molar-refractivity contribution in [2.45, 2.75) is 6.92 Å². The summed E-state index contributed by atoms with van der Waals surface area (Å²) in [6.45, 7) is 1.40. The normalized spacial score (nSPS) is 9.75. The van der Waals surface area contributed by atoms with Crippen molar-refractivity contribution in [2.24, 2.45) is 0 Å². The zero-order chi connectivity index (χ0) is 12.3. The average molecular weight is 354 g/mol. The molecule has 4 nitrogen and oxygen atoms in total. The van der Waals surface area contributed by atoms with Gasteiger partial charge in [0.25, 0.3) is 0 Å². The number of rotatable bonds is 2. The molecular formula is C10H9ClINO3. The van der Waals surface area contributed by atoms with E-state index in [2.05, 4.69) is 10.1 Å². The molecule has 0 aliphatic carbocycles. The molecule has 0 aromatic heterocycles. The first kappa shape index (κ1) is 13.2. The topological polar surface area (TPSA) is 55.4 Å². The predicted octanol–water partition coefficient (Wildman–Crippen LogP) is 2.69. The van der Waals surface area contributed by atoms with Crippen molar-refractivity contribution in [1.29, 1.82) is 0 Å². The molecule has 1 aromatic carbocycles. The van der Waals surface area contributed by atoms with Gasteiger partial charge in [0, 0.05) is 10.5 Å². The molecule has 1 rings (SSSR count). The van der Waals surface area contributed by atoms with Crippen molar-refractivity contribution in [3.05, 3.63) is 26.3 Å². The number of nitrogens with one attached hydrogen (secondary N) is 1. The van der Waals surface area contributed by atoms with Gasteiger partial charge >= 0.3 is 5.97 Å². The van der Waals surface area contributed by atoms with Crippen LogP contribution in [0.1, 0.15) is 17.3 Å². The van der Waals surface area contributed by atoms with E-state index in [1.807, 2.05) is 22.6 Å². The molecule has 1 amide bonds. The molecule has 0 atom stereocenters. The first-order valence-corrected chi connectivity index (χ1v) is 5.76. The SMILES string of the molecule is COC(=O)c1cc(I)c(NC(C)=O)cc1Cl. The standard InChI is InChI=1S/C10H9ClINO3/c1-5(14)13-9-4-7(11)6(3-8(9)12)10(15)16-2/h3-4H,1-2H3,(H,13,14). The van der Waals surface area contributed by atoms with Crippen LogP contribution in [0.4, 0.5) is 5.69 Å². The molecule has 1 N–H and O–H groups in total. The number of anilines is 1. The van der Waals surface area contributed by atoms with E-state index in [0.29, 0.717) is 5.69 Å². The summed E-state index contributed by atoms with van der Waals surface area (Å²) in [5.74, 6) is -0.697. The van der Waals surface area contributed by atoms with Crippen LogP contribution in [0.3, 0.4) is 0 Å². The lowest BCUT2D eigenvalue weighted by molar-refractivity contribution is -0.114. The van der Waals surface area contributed by atoms with Crippen molar-refractivity contribution in [1.82, 2.24) is 0 Å². The van der Waals surface area contributed by atoms with Gasteiger partial charge < -0.3 is 10.1 Å². The van der Waals surface area contributed by atoms with Crippen LogP contribution in [0.5, 0.6) is 0 Å². The van der Waals surface area contributed by atoms with E-state index in [1.165, 1.54) is 20.1 Å². The molecular weight excluding hydrogens is 344 g/mol. The van der Waals surface area contributed by atoms with Crippen molar-refractivity contribution in [3.63, 3.8) is 0 Å². The maximum Gasteiger partial charge on any atom is 0.339 e. The lowest BCUT2D eigenvalue weighted by Crippen LogP contribution is -2.09. The summed E-state index contributed by atoms with van der Waals surface area (Å²) in [5.41, 5.74) is 0.855. The van der Waals surface area contributed by atoms with Gasteiger partial charge in [0.1, 0.15) is 0 Å². The van der Waals surface area contributed by atoms with Gasteiger partial charge in [-0.05, 0) is 34.7 Å². The first-order chi connectivity index (χ1) is 7.45. The van der Waals surface area contributed by atoms with Crippen LogP contribution in [-0.4, -0.2) is 19.0 Å². The highest BCUT2D eigenvalue weighted by atomic mass is 127. The number of ether oxygens (including phenoxy) is 1. The summed E-state index contributed by atoms with van der Waals surface area (Å²) in [7, 11) is 1.28. The number of esters is 1. The zero-order valence-electron chi connectivity index (χ0n) is 8.64. The highest BCUT2D eigenvalue weighted by Gasteiger charge is 2.14. The van der Waals surface area contributed by atoms with Crippen molar-refractivity contribution in [3.8, 4) is 0 Å². The van der Waals surface area contributed by atoms with E-state index in [1.54, 1.807) is 6.07 Å². The number of carbonyl (C=O) groups is 2. The van der Waals surface area contributed by atoms with Gasteiger partial charge in [0.05, 0.1) is 23.4 Å². The van der Waals surface area contributed by atoms with Gasteiger partial charge in [0.15, 0.2) is 0 Å².